The second kappa shape index (κ2) is 6.93. The molecular weight excluding hydrogens is 380 g/mol. The van der Waals surface area contributed by atoms with Gasteiger partial charge in [-0.1, -0.05) is 12.1 Å². The predicted molar refractivity (Wildman–Crippen MR) is 114 cm³/mol. The molecule has 0 radical (unpaired) electrons. The fourth-order valence-corrected chi connectivity index (χ4v) is 3.42. The highest BCUT2D eigenvalue weighted by Crippen LogP contribution is 2.24. The second-order valence-corrected chi connectivity index (χ2v) is 6.86. The Labute approximate surface area is 170 Å². The van der Waals surface area contributed by atoms with Crippen LogP contribution >= 0.6 is 0 Å². The van der Waals surface area contributed by atoms with Gasteiger partial charge in [0.1, 0.15) is 5.39 Å². The molecule has 2 N–H and O–H groups in total. The number of carbonyl (C=O) groups excluding carboxylic acids is 1. The van der Waals surface area contributed by atoms with Gasteiger partial charge in [-0.25, -0.2) is 9.67 Å². The molecule has 0 saturated carbocycles. The number of pyridine rings is 1. The van der Waals surface area contributed by atoms with Crippen molar-refractivity contribution in [2.45, 2.75) is 6.92 Å². The Balaban J connectivity index is 1.55. The molecule has 5 rings (SSSR count). The van der Waals surface area contributed by atoms with Gasteiger partial charge < -0.3 is 10.3 Å². The van der Waals surface area contributed by atoms with Gasteiger partial charge in [0.15, 0.2) is 5.65 Å². The zero-order valence-electron chi connectivity index (χ0n) is 16.0. The number of amides is 1. The third-order valence-corrected chi connectivity index (χ3v) is 4.97. The highest BCUT2D eigenvalue weighted by molar-refractivity contribution is 6.07. The minimum atomic E-state index is -0.270. The van der Waals surface area contributed by atoms with Crippen LogP contribution in [0.2, 0.25) is 0 Å². The Bertz CT molecular complexity index is 1480. The number of hydrogen-bond acceptors (Lipinski definition) is 5. The number of hydrogen-bond donors (Lipinski definition) is 2. The first-order valence-corrected chi connectivity index (χ1v) is 9.29. The number of aromatic nitrogens is 5. The SMILES string of the molecule is Cc1ccnc2ccc(C(=O)Nc3ccccc3-n3ncc4c(=O)[nH]cnc43)cc12. The second-order valence-electron chi connectivity index (χ2n) is 6.86. The molecule has 8 nitrogen and oxygen atoms in total. The van der Waals surface area contributed by atoms with Crippen LogP contribution in [0, 0.1) is 6.92 Å². The van der Waals surface area contributed by atoms with E-state index in [2.05, 4.69) is 25.4 Å². The molecule has 3 aromatic heterocycles. The van der Waals surface area contributed by atoms with Crippen molar-refractivity contribution in [2.75, 3.05) is 5.32 Å². The van der Waals surface area contributed by atoms with Crippen LogP contribution in [-0.4, -0.2) is 30.6 Å². The van der Waals surface area contributed by atoms with Gasteiger partial charge in [-0.05, 0) is 48.9 Å². The van der Waals surface area contributed by atoms with E-state index in [4.69, 9.17) is 0 Å². The summed E-state index contributed by atoms with van der Waals surface area (Å²) in [4.78, 5) is 36.0. The van der Waals surface area contributed by atoms with Crippen molar-refractivity contribution >= 4 is 33.5 Å². The molecule has 8 heteroatoms. The highest BCUT2D eigenvalue weighted by atomic mass is 16.1. The van der Waals surface area contributed by atoms with E-state index < -0.39 is 0 Å². The number of aryl methyl sites for hydroxylation is 1. The normalized spacial score (nSPS) is 11.1. The summed E-state index contributed by atoms with van der Waals surface area (Å²) in [5, 5.41) is 8.54. The van der Waals surface area contributed by atoms with Crippen molar-refractivity contribution < 1.29 is 4.79 Å². The molecule has 0 atom stereocenters. The number of rotatable bonds is 3. The first-order chi connectivity index (χ1) is 14.6. The average molecular weight is 396 g/mol. The molecule has 0 spiro atoms. The van der Waals surface area contributed by atoms with Gasteiger partial charge >= 0.3 is 0 Å². The lowest BCUT2D eigenvalue weighted by molar-refractivity contribution is 0.102. The monoisotopic (exact) mass is 396 g/mol. The van der Waals surface area contributed by atoms with Crippen molar-refractivity contribution in [3.8, 4) is 5.69 Å². The van der Waals surface area contributed by atoms with Gasteiger partial charge in [0, 0.05) is 17.1 Å². The van der Waals surface area contributed by atoms with Crippen LogP contribution in [0.3, 0.4) is 0 Å². The quantitative estimate of drug-likeness (QED) is 0.487. The highest BCUT2D eigenvalue weighted by Gasteiger charge is 2.15. The minimum absolute atomic E-state index is 0.255. The third kappa shape index (κ3) is 2.91. The van der Waals surface area contributed by atoms with Gasteiger partial charge in [-0.2, -0.15) is 5.10 Å². The standard InChI is InChI=1S/C22H16N6O2/c1-13-8-9-23-17-7-6-14(10-15(13)17)21(29)27-18-4-2-3-5-19(18)28-20-16(11-26-28)22(30)25-12-24-20/h2-12H,1H3,(H,27,29)(H,24,25,30). The first kappa shape index (κ1) is 17.7. The van der Waals surface area contributed by atoms with Gasteiger partial charge in [-0.3, -0.25) is 14.6 Å². The zero-order chi connectivity index (χ0) is 20.7. The Hall–Kier alpha value is -4.33. The van der Waals surface area contributed by atoms with Gasteiger partial charge in [0.05, 0.1) is 29.4 Å². The Morgan fingerprint density at radius 2 is 1.93 bits per heavy atom. The summed E-state index contributed by atoms with van der Waals surface area (Å²) in [7, 11) is 0. The van der Waals surface area contributed by atoms with Crippen molar-refractivity contribution in [3.63, 3.8) is 0 Å². The summed E-state index contributed by atoms with van der Waals surface area (Å²) < 4.78 is 1.54. The van der Waals surface area contributed by atoms with E-state index >= 15 is 0 Å². The van der Waals surface area contributed by atoms with Crippen LogP contribution < -0.4 is 10.9 Å². The van der Waals surface area contributed by atoms with Crippen molar-refractivity contribution in [1.82, 2.24) is 24.7 Å². The summed E-state index contributed by atoms with van der Waals surface area (Å²) in [6.45, 7) is 1.98. The number of fused-ring (bicyclic) bond motifs is 2. The lowest BCUT2D eigenvalue weighted by Gasteiger charge is -2.12. The smallest absolute Gasteiger partial charge is 0.261 e. The van der Waals surface area contributed by atoms with Crippen LogP contribution in [-0.2, 0) is 0 Å². The molecule has 0 aliphatic carbocycles. The number of aromatic amines is 1. The van der Waals surface area contributed by atoms with E-state index in [-0.39, 0.29) is 11.5 Å². The summed E-state index contributed by atoms with van der Waals surface area (Å²) >= 11 is 0. The van der Waals surface area contributed by atoms with Crippen LogP contribution in [0.1, 0.15) is 15.9 Å². The van der Waals surface area contributed by atoms with Crippen LogP contribution in [0.25, 0.3) is 27.6 Å². The molecule has 3 heterocycles. The van der Waals surface area contributed by atoms with Gasteiger partial charge in [0.2, 0.25) is 0 Å². The largest absolute Gasteiger partial charge is 0.320 e. The van der Waals surface area contributed by atoms with Crippen LogP contribution in [0.15, 0.2) is 72.0 Å². The van der Waals surface area contributed by atoms with Crippen molar-refractivity contribution in [1.29, 1.82) is 0 Å². The Morgan fingerprint density at radius 1 is 1.07 bits per heavy atom. The number of nitrogens with one attached hydrogen (secondary N) is 2. The summed E-state index contributed by atoms with van der Waals surface area (Å²) in [6.07, 6.45) is 4.54. The van der Waals surface area contributed by atoms with E-state index in [1.807, 2.05) is 37.3 Å². The number of nitrogens with zero attached hydrogens (tertiary/aromatic N) is 4. The van der Waals surface area contributed by atoms with E-state index in [1.54, 1.807) is 24.4 Å². The molecule has 1 amide bonds. The topological polar surface area (TPSA) is 106 Å². The van der Waals surface area contributed by atoms with E-state index in [1.165, 1.54) is 17.2 Å². The molecule has 0 aliphatic heterocycles. The maximum atomic E-state index is 13.0. The number of para-hydroxylation sites is 2. The fourth-order valence-electron chi connectivity index (χ4n) is 3.42. The molecule has 0 fully saturated rings. The molecular formula is C22H16N6O2. The molecule has 146 valence electrons. The third-order valence-electron chi connectivity index (χ3n) is 4.97. The van der Waals surface area contributed by atoms with Crippen molar-refractivity contribution in [2.24, 2.45) is 0 Å². The summed E-state index contributed by atoms with van der Waals surface area (Å²) in [5.74, 6) is -0.255. The minimum Gasteiger partial charge on any atom is -0.320 e. The van der Waals surface area contributed by atoms with Crippen molar-refractivity contribution in [3.05, 3.63) is 88.7 Å². The Kier molecular flexibility index (Phi) is 4.10. The van der Waals surface area contributed by atoms with E-state index in [9.17, 15) is 9.59 Å². The summed E-state index contributed by atoms with van der Waals surface area (Å²) in [6, 6.07) is 14.6. The lowest BCUT2D eigenvalue weighted by atomic mass is 10.1. The van der Waals surface area contributed by atoms with E-state index in [0.29, 0.717) is 28.0 Å². The molecule has 0 saturated heterocycles. The summed E-state index contributed by atoms with van der Waals surface area (Å²) in [5.41, 5.74) is 3.71. The zero-order valence-corrected chi connectivity index (χ0v) is 16.0. The van der Waals surface area contributed by atoms with E-state index in [0.717, 1.165) is 16.5 Å². The van der Waals surface area contributed by atoms with Gasteiger partial charge in [0.25, 0.3) is 11.5 Å². The molecule has 0 unspecified atom stereocenters. The maximum Gasteiger partial charge on any atom is 0.261 e. The predicted octanol–water partition coefficient (Wildman–Crippen LogP) is 3.22. The average Bonchev–Trinajstić information content (AvgIpc) is 3.19. The first-order valence-electron chi connectivity index (χ1n) is 9.29. The number of carbonyl (C=O) groups is 1. The van der Waals surface area contributed by atoms with Crippen LogP contribution in [0.4, 0.5) is 5.69 Å². The fraction of sp³-hybridized carbons (Fsp3) is 0.0455. The molecule has 0 aliphatic rings. The molecule has 5 aromatic rings. The number of benzene rings is 2. The molecule has 2 aromatic carbocycles. The number of H-pyrrole nitrogens is 1. The maximum absolute atomic E-state index is 13.0. The molecule has 0 bridgehead atoms. The lowest BCUT2D eigenvalue weighted by Crippen LogP contribution is -2.14. The Morgan fingerprint density at radius 3 is 2.83 bits per heavy atom. The van der Waals surface area contributed by atoms with Crippen LogP contribution in [0.5, 0.6) is 0 Å². The number of anilines is 1. The molecule has 30 heavy (non-hydrogen) atoms. The van der Waals surface area contributed by atoms with Gasteiger partial charge in [-0.15, -0.1) is 0 Å².